The van der Waals surface area contributed by atoms with Gasteiger partial charge in [0.05, 0.1) is 6.26 Å². The van der Waals surface area contributed by atoms with Gasteiger partial charge in [0.1, 0.15) is 5.76 Å². The van der Waals surface area contributed by atoms with E-state index in [1.54, 1.807) is 60.7 Å². The van der Waals surface area contributed by atoms with E-state index in [1.165, 1.54) is 18.4 Å². The molecule has 124 valence electrons. The minimum Gasteiger partial charge on any atom is -0.465 e. The summed E-state index contributed by atoms with van der Waals surface area (Å²) in [6.07, 6.45) is 3.25. The van der Waals surface area contributed by atoms with Crippen LogP contribution in [0.4, 0.5) is 0 Å². The first-order valence-corrected chi connectivity index (χ1v) is 7.80. The smallest absolute Gasteiger partial charge is 0.331 e. The maximum Gasteiger partial charge on any atom is 0.331 e. The molecule has 0 saturated carbocycles. The van der Waals surface area contributed by atoms with E-state index in [4.69, 9.17) is 9.15 Å². The maximum atomic E-state index is 12.8. The predicted molar refractivity (Wildman–Crippen MR) is 93.8 cm³/mol. The molecule has 25 heavy (non-hydrogen) atoms. The zero-order valence-electron chi connectivity index (χ0n) is 13.4. The molecule has 3 rings (SSSR count). The van der Waals surface area contributed by atoms with Gasteiger partial charge >= 0.3 is 5.97 Å². The van der Waals surface area contributed by atoms with Gasteiger partial charge < -0.3 is 9.15 Å². The van der Waals surface area contributed by atoms with Gasteiger partial charge in [-0.1, -0.05) is 60.7 Å². The Morgan fingerprint density at radius 2 is 1.56 bits per heavy atom. The fraction of sp³-hybridized carbons (Fsp3) is 0.0476. The van der Waals surface area contributed by atoms with Crippen molar-refractivity contribution in [3.8, 4) is 0 Å². The molecule has 0 saturated heterocycles. The lowest BCUT2D eigenvalue weighted by atomic mass is 10.00. The maximum absolute atomic E-state index is 12.8. The molecule has 0 bridgehead atoms. The van der Waals surface area contributed by atoms with E-state index in [-0.39, 0.29) is 5.78 Å². The Bertz CT molecular complexity index is 849. The first-order chi connectivity index (χ1) is 12.2. The molecule has 0 radical (unpaired) electrons. The molecule has 0 spiro atoms. The molecule has 4 nitrogen and oxygen atoms in total. The molecule has 4 heteroatoms. The molecule has 1 atom stereocenters. The van der Waals surface area contributed by atoms with E-state index in [0.717, 1.165) is 0 Å². The van der Waals surface area contributed by atoms with Crippen molar-refractivity contribution in [2.75, 3.05) is 0 Å². The van der Waals surface area contributed by atoms with Crippen LogP contribution in [0.3, 0.4) is 0 Å². The summed E-state index contributed by atoms with van der Waals surface area (Å²) in [5, 5.41) is 0. The topological polar surface area (TPSA) is 56.5 Å². The average Bonchev–Trinajstić information content (AvgIpc) is 3.19. The fourth-order valence-electron chi connectivity index (χ4n) is 2.35. The molecule has 0 N–H and O–H groups in total. The molecular formula is C21H16O4. The van der Waals surface area contributed by atoms with Gasteiger partial charge in [-0.15, -0.1) is 0 Å². The summed E-state index contributed by atoms with van der Waals surface area (Å²) >= 11 is 0. The summed E-state index contributed by atoms with van der Waals surface area (Å²) in [7, 11) is 0. The summed E-state index contributed by atoms with van der Waals surface area (Å²) in [5.74, 6) is -0.358. The fourth-order valence-corrected chi connectivity index (χ4v) is 2.35. The second-order valence-corrected chi connectivity index (χ2v) is 5.31. The number of hydrogen-bond acceptors (Lipinski definition) is 4. The number of Topliss-reactive ketones (excluding diaryl/α,β-unsaturated/α-hetero) is 1. The second kappa shape index (κ2) is 7.93. The highest BCUT2D eigenvalue weighted by atomic mass is 16.5. The standard InChI is InChI=1S/C21H16O4/c22-19(14-13-18-12-7-15-24-18)25-21(17-10-5-2-6-11-17)20(23)16-8-3-1-4-9-16/h1-15,21H. The molecule has 0 aliphatic carbocycles. The first-order valence-electron chi connectivity index (χ1n) is 7.80. The highest BCUT2D eigenvalue weighted by Gasteiger charge is 2.25. The van der Waals surface area contributed by atoms with Crippen LogP contribution in [-0.4, -0.2) is 11.8 Å². The van der Waals surface area contributed by atoms with Gasteiger partial charge in [0.15, 0.2) is 6.10 Å². The van der Waals surface area contributed by atoms with Crippen molar-refractivity contribution in [1.29, 1.82) is 0 Å². The zero-order chi connectivity index (χ0) is 17.5. The predicted octanol–water partition coefficient (Wildman–Crippen LogP) is 4.46. The minimum absolute atomic E-state index is 0.272. The third kappa shape index (κ3) is 4.32. The van der Waals surface area contributed by atoms with Crippen LogP contribution in [0.25, 0.3) is 6.08 Å². The average molecular weight is 332 g/mol. The lowest BCUT2D eigenvalue weighted by molar-refractivity contribution is -0.141. The zero-order valence-corrected chi connectivity index (χ0v) is 13.4. The molecule has 1 unspecified atom stereocenters. The van der Waals surface area contributed by atoms with Crippen LogP contribution in [0.1, 0.15) is 27.8 Å². The first kappa shape index (κ1) is 16.5. The van der Waals surface area contributed by atoms with Crippen molar-refractivity contribution >= 4 is 17.8 Å². The van der Waals surface area contributed by atoms with Crippen LogP contribution in [-0.2, 0) is 9.53 Å². The monoisotopic (exact) mass is 332 g/mol. The van der Waals surface area contributed by atoms with Crippen LogP contribution in [0.5, 0.6) is 0 Å². The van der Waals surface area contributed by atoms with Gasteiger partial charge in [0.2, 0.25) is 5.78 Å². The highest BCUT2D eigenvalue weighted by molar-refractivity contribution is 6.01. The van der Waals surface area contributed by atoms with E-state index in [2.05, 4.69) is 0 Å². The van der Waals surface area contributed by atoms with Crippen molar-refractivity contribution in [2.45, 2.75) is 6.10 Å². The molecular weight excluding hydrogens is 316 g/mol. The number of ether oxygens (including phenoxy) is 1. The largest absolute Gasteiger partial charge is 0.465 e. The summed E-state index contributed by atoms with van der Waals surface area (Å²) in [5.41, 5.74) is 1.11. The molecule has 0 aliphatic heterocycles. The van der Waals surface area contributed by atoms with Crippen molar-refractivity contribution in [1.82, 2.24) is 0 Å². The molecule has 0 amide bonds. The Morgan fingerprint density at radius 3 is 2.20 bits per heavy atom. The van der Waals surface area contributed by atoms with Gasteiger partial charge in [0, 0.05) is 17.2 Å². The molecule has 1 aromatic heterocycles. The van der Waals surface area contributed by atoms with Crippen molar-refractivity contribution in [2.24, 2.45) is 0 Å². The molecule has 0 aliphatic rings. The van der Waals surface area contributed by atoms with Crippen molar-refractivity contribution in [3.63, 3.8) is 0 Å². The summed E-state index contributed by atoms with van der Waals surface area (Å²) < 4.78 is 10.6. The Balaban J connectivity index is 1.82. The van der Waals surface area contributed by atoms with Gasteiger partial charge in [0.25, 0.3) is 0 Å². The van der Waals surface area contributed by atoms with Crippen LogP contribution >= 0.6 is 0 Å². The van der Waals surface area contributed by atoms with Gasteiger partial charge in [-0.2, -0.15) is 0 Å². The Morgan fingerprint density at radius 1 is 0.880 bits per heavy atom. The van der Waals surface area contributed by atoms with Gasteiger partial charge in [-0.05, 0) is 18.2 Å². The molecule has 3 aromatic rings. The molecule has 1 heterocycles. The van der Waals surface area contributed by atoms with Crippen molar-refractivity contribution < 1.29 is 18.7 Å². The summed E-state index contributed by atoms with van der Waals surface area (Å²) in [6, 6.07) is 21.2. The van der Waals surface area contributed by atoms with E-state index < -0.39 is 12.1 Å². The SMILES string of the molecule is O=C(C=Cc1ccco1)OC(C(=O)c1ccccc1)c1ccccc1. The third-order valence-corrected chi connectivity index (χ3v) is 3.56. The third-order valence-electron chi connectivity index (χ3n) is 3.56. The van der Waals surface area contributed by atoms with E-state index in [9.17, 15) is 9.59 Å². The summed E-state index contributed by atoms with van der Waals surface area (Å²) in [4.78, 5) is 24.9. The molecule has 2 aromatic carbocycles. The number of furan rings is 1. The Kier molecular flexibility index (Phi) is 5.22. The Labute approximate surface area is 145 Å². The number of hydrogen-bond donors (Lipinski definition) is 0. The number of benzene rings is 2. The highest BCUT2D eigenvalue weighted by Crippen LogP contribution is 2.23. The second-order valence-electron chi connectivity index (χ2n) is 5.31. The Hall–Kier alpha value is -3.40. The number of ketones is 1. The number of esters is 1. The van der Waals surface area contributed by atoms with E-state index in [0.29, 0.717) is 16.9 Å². The van der Waals surface area contributed by atoms with Crippen LogP contribution in [0, 0.1) is 0 Å². The number of carbonyl (C=O) groups is 2. The minimum atomic E-state index is -1.00. The van der Waals surface area contributed by atoms with Gasteiger partial charge in [-0.25, -0.2) is 4.79 Å². The number of carbonyl (C=O) groups excluding carboxylic acids is 2. The quantitative estimate of drug-likeness (QED) is 0.380. The van der Waals surface area contributed by atoms with E-state index in [1.807, 2.05) is 12.1 Å². The lowest BCUT2D eigenvalue weighted by Gasteiger charge is -2.16. The van der Waals surface area contributed by atoms with Crippen LogP contribution < -0.4 is 0 Å². The van der Waals surface area contributed by atoms with E-state index >= 15 is 0 Å². The van der Waals surface area contributed by atoms with Crippen LogP contribution in [0.2, 0.25) is 0 Å². The molecule has 0 fully saturated rings. The normalized spacial score (nSPS) is 12.0. The van der Waals surface area contributed by atoms with Crippen LogP contribution in [0.15, 0.2) is 89.6 Å². The van der Waals surface area contributed by atoms with Crippen molar-refractivity contribution in [3.05, 3.63) is 102 Å². The van der Waals surface area contributed by atoms with Gasteiger partial charge in [-0.3, -0.25) is 4.79 Å². The number of rotatable bonds is 6. The lowest BCUT2D eigenvalue weighted by Crippen LogP contribution is -2.19. The summed E-state index contributed by atoms with van der Waals surface area (Å²) in [6.45, 7) is 0.